The van der Waals surface area contributed by atoms with Gasteiger partial charge >= 0.3 is 6.09 Å². The molecular weight excluding hydrogens is 460 g/mol. The number of aliphatic hydroxyl groups excluding tert-OH is 1. The molecule has 1 aromatic carbocycles. The Hall–Kier alpha value is -3.41. The first kappa shape index (κ1) is 23.7. The molecule has 4 rings (SSSR count). The molecule has 0 aliphatic carbocycles. The maximum absolute atomic E-state index is 12.6. The summed E-state index contributed by atoms with van der Waals surface area (Å²) in [5, 5.41) is 16.8. The number of ether oxygens (including phenoxy) is 3. The number of aromatic nitrogens is 1. The van der Waals surface area contributed by atoms with Gasteiger partial charge < -0.3 is 35.7 Å². The average molecular weight is 487 g/mol. The van der Waals surface area contributed by atoms with Crippen molar-refractivity contribution >= 4 is 39.2 Å². The minimum Gasteiger partial charge on any atom is -0.489 e. The molecule has 3 aromatic rings. The van der Waals surface area contributed by atoms with Gasteiger partial charge in [0, 0.05) is 42.3 Å². The van der Waals surface area contributed by atoms with Crippen molar-refractivity contribution in [2.24, 2.45) is 0 Å². The van der Waals surface area contributed by atoms with E-state index in [1.54, 1.807) is 24.3 Å². The summed E-state index contributed by atoms with van der Waals surface area (Å²) in [5.41, 5.74) is 7.39. The third-order valence-corrected chi connectivity index (χ3v) is 6.34. The molecular formula is C23H26N4O6S. The van der Waals surface area contributed by atoms with Crippen LogP contribution in [0.5, 0.6) is 11.5 Å². The highest BCUT2D eigenvalue weighted by molar-refractivity contribution is 7.17. The van der Waals surface area contributed by atoms with Crippen LogP contribution in [-0.2, 0) is 11.3 Å². The van der Waals surface area contributed by atoms with E-state index in [-0.39, 0.29) is 37.5 Å². The second-order valence-electron chi connectivity index (χ2n) is 7.69. The number of nitrogens with zero attached hydrogens (tertiary/aromatic N) is 1. The number of amides is 2. The van der Waals surface area contributed by atoms with E-state index in [9.17, 15) is 9.59 Å². The summed E-state index contributed by atoms with van der Waals surface area (Å²) in [6.45, 7) is 1.39. The molecule has 5 N–H and O–H groups in total. The molecule has 2 amide bonds. The van der Waals surface area contributed by atoms with Crippen LogP contribution in [0.2, 0.25) is 0 Å². The number of thiophene rings is 1. The normalized spacial score (nSPS) is 14.0. The van der Waals surface area contributed by atoms with E-state index < -0.39 is 6.09 Å². The number of benzene rings is 1. The van der Waals surface area contributed by atoms with Crippen molar-refractivity contribution < 1.29 is 28.9 Å². The van der Waals surface area contributed by atoms with E-state index in [1.807, 2.05) is 5.38 Å². The van der Waals surface area contributed by atoms with Crippen LogP contribution in [-0.4, -0.2) is 54.5 Å². The topological polar surface area (TPSA) is 145 Å². The number of pyridine rings is 1. The number of hydrogen-bond donors (Lipinski definition) is 4. The number of nitrogen functional groups attached to an aromatic ring is 1. The van der Waals surface area contributed by atoms with Gasteiger partial charge in [-0.1, -0.05) is 6.07 Å². The lowest BCUT2D eigenvalue weighted by Gasteiger charge is -2.23. The number of aliphatic hydroxyl groups is 1. The monoisotopic (exact) mass is 486 g/mol. The van der Waals surface area contributed by atoms with Gasteiger partial charge in [-0.3, -0.25) is 4.79 Å². The summed E-state index contributed by atoms with van der Waals surface area (Å²) in [6.07, 6.45) is 2.30. The largest absolute Gasteiger partial charge is 0.489 e. The third kappa shape index (κ3) is 5.74. The van der Waals surface area contributed by atoms with Crippen LogP contribution in [0.25, 0.3) is 10.1 Å². The van der Waals surface area contributed by atoms with Gasteiger partial charge in [0.2, 0.25) is 0 Å². The van der Waals surface area contributed by atoms with E-state index in [2.05, 4.69) is 15.6 Å². The number of fused-ring (bicyclic) bond motifs is 1. The van der Waals surface area contributed by atoms with Gasteiger partial charge in [-0.05, 0) is 36.4 Å². The lowest BCUT2D eigenvalue weighted by atomic mass is 10.1. The van der Waals surface area contributed by atoms with Gasteiger partial charge in [-0.25, -0.2) is 9.78 Å². The Morgan fingerprint density at radius 2 is 2.12 bits per heavy atom. The Bertz CT molecular complexity index is 1160. The highest BCUT2D eigenvalue weighted by Crippen LogP contribution is 2.37. The van der Waals surface area contributed by atoms with Gasteiger partial charge in [-0.2, -0.15) is 0 Å². The Morgan fingerprint density at radius 3 is 2.91 bits per heavy atom. The molecule has 0 saturated carbocycles. The lowest BCUT2D eigenvalue weighted by Crippen LogP contribution is -2.38. The quantitative estimate of drug-likeness (QED) is 0.380. The van der Waals surface area contributed by atoms with E-state index in [0.717, 1.165) is 18.4 Å². The molecule has 0 atom stereocenters. The molecule has 10 nitrogen and oxygen atoms in total. The number of carbonyl (C=O) groups is 2. The van der Waals surface area contributed by atoms with E-state index in [1.165, 1.54) is 17.5 Å². The maximum atomic E-state index is 12.6. The van der Waals surface area contributed by atoms with Crippen molar-refractivity contribution in [3.05, 3.63) is 47.0 Å². The molecule has 34 heavy (non-hydrogen) atoms. The van der Waals surface area contributed by atoms with Crippen LogP contribution in [0.3, 0.4) is 0 Å². The van der Waals surface area contributed by atoms with Gasteiger partial charge in [0.25, 0.3) is 5.91 Å². The maximum Gasteiger partial charge on any atom is 0.412 e. The predicted octanol–water partition coefficient (Wildman–Crippen LogP) is 2.45. The summed E-state index contributed by atoms with van der Waals surface area (Å²) < 4.78 is 17.2. The van der Waals surface area contributed by atoms with Crippen LogP contribution in [0.4, 0.5) is 10.6 Å². The fourth-order valence-electron chi connectivity index (χ4n) is 3.58. The fraction of sp³-hybridized carbons (Fsp3) is 0.348. The zero-order valence-corrected chi connectivity index (χ0v) is 19.2. The number of anilines is 1. The highest BCUT2D eigenvalue weighted by Gasteiger charge is 2.18. The molecule has 180 valence electrons. The molecule has 0 radical (unpaired) electrons. The van der Waals surface area contributed by atoms with Gasteiger partial charge in [0.05, 0.1) is 17.5 Å². The van der Waals surface area contributed by atoms with Crippen molar-refractivity contribution in [3.8, 4) is 11.5 Å². The molecule has 3 heterocycles. The Kier molecular flexibility index (Phi) is 7.78. The number of nitrogens with one attached hydrogen (secondary N) is 2. The number of rotatable bonds is 8. The number of carbonyl (C=O) groups excluding carboxylic acids is 2. The Morgan fingerprint density at radius 1 is 1.29 bits per heavy atom. The van der Waals surface area contributed by atoms with E-state index >= 15 is 0 Å². The van der Waals surface area contributed by atoms with E-state index in [4.69, 9.17) is 25.1 Å². The number of hydrogen-bond acceptors (Lipinski definition) is 9. The summed E-state index contributed by atoms with van der Waals surface area (Å²) >= 11 is 1.35. The standard InChI is InChI=1S/C23H26N4O6S/c24-21-19-15(13-34-20(19)18(11-26-21)33-23(30)25-6-7-28)12-32-17-3-1-2-14(10-17)22(29)27-16-4-8-31-9-5-16/h1-3,10-11,13,16,28H,4-9,12H2,(H2,24,26)(H,25,30)(H,27,29). The number of nitrogens with two attached hydrogens (primary N) is 1. The molecule has 0 bridgehead atoms. The predicted molar refractivity (Wildman–Crippen MR) is 127 cm³/mol. The molecule has 0 unspecified atom stereocenters. The molecule has 0 spiro atoms. The molecule has 11 heteroatoms. The molecule has 1 fully saturated rings. The minimum absolute atomic E-state index is 0.0834. The van der Waals surface area contributed by atoms with Crippen molar-refractivity contribution in [1.29, 1.82) is 0 Å². The van der Waals surface area contributed by atoms with Crippen molar-refractivity contribution in [1.82, 2.24) is 15.6 Å². The zero-order chi connectivity index (χ0) is 23.9. The van der Waals surface area contributed by atoms with Gasteiger partial charge in [0.15, 0.2) is 5.75 Å². The van der Waals surface area contributed by atoms with Crippen LogP contribution in [0.1, 0.15) is 28.8 Å². The second-order valence-corrected chi connectivity index (χ2v) is 8.57. The Balaban J connectivity index is 1.44. The summed E-state index contributed by atoms with van der Waals surface area (Å²) in [6, 6.07) is 7.11. The first-order valence-corrected chi connectivity index (χ1v) is 11.8. The van der Waals surface area contributed by atoms with Crippen LogP contribution in [0.15, 0.2) is 35.8 Å². The highest BCUT2D eigenvalue weighted by atomic mass is 32.1. The van der Waals surface area contributed by atoms with Crippen LogP contribution < -0.4 is 25.8 Å². The molecule has 2 aromatic heterocycles. The van der Waals surface area contributed by atoms with Crippen molar-refractivity contribution in [2.75, 3.05) is 32.1 Å². The first-order chi connectivity index (χ1) is 16.5. The first-order valence-electron chi connectivity index (χ1n) is 10.9. The van der Waals surface area contributed by atoms with Gasteiger partial charge in [-0.15, -0.1) is 11.3 Å². The third-order valence-electron chi connectivity index (χ3n) is 5.30. The molecule has 1 aliphatic heterocycles. The smallest absolute Gasteiger partial charge is 0.412 e. The van der Waals surface area contributed by atoms with Crippen molar-refractivity contribution in [3.63, 3.8) is 0 Å². The van der Waals surface area contributed by atoms with Gasteiger partial charge in [0.1, 0.15) is 18.2 Å². The SMILES string of the molecule is Nc1ncc(OC(=O)NCCO)c2scc(COc3cccc(C(=O)NC4CCOCC4)c3)c12. The lowest BCUT2D eigenvalue weighted by molar-refractivity contribution is 0.0696. The molecule has 1 aliphatic rings. The fourth-order valence-corrected chi connectivity index (χ4v) is 4.59. The summed E-state index contributed by atoms with van der Waals surface area (Å²) in [7, 11) is 0. The van der Waals surface area contributed by atoms with E-state index in [0.29, 0.717) is 40.4 Å². The average Bonchev–Trinajstić information content (AvgIpc) is 3.29. The second kappa shape index (κ2) is 11.1. The zero-order valence-electron chi connectivity index (χ0n) is 18.4. The van der Waals surface area contributed by atoms with Crippen LogP contribution >= 0.6 is 11.3 Å². The van der Waals surface area contributed by atoms with Crippen LogP contribution in [0, 0.1) is 0 Å². The molecule has 1 saturated heterocycles. The Labute approximate surface area is 200 Å². The summed E-state index contributed by atoms with van der Waals surface area (Å²) in [4.78, 5) is 28.6. The van der Waals surface area contributed by atoms with Crippen molar-refractivity contribution in [2.45, 2.75) is 25.5 Å². The summed E-state index contributed by atoms with van der Waals surface area (Å²) in [5.74, 6) is 0.958. The minimum atomic E-state index is -0.691.